The number of hydrogen-bond donors (Lipinski definition) is 1. The maximum absolute atomic E-state index is 15.4. The largest absolute Gasteiger partial charge is 0.453 e. The molecule has 0 radical (unpaired) electrons. The SMILES string of the molecule is C=N/C(C)=C(\SCNC(=O)c1ccccc1F)c1nnc(Cc2ccc(Cl)c(Oc3cc(Cl)cc(C#N)c3)c2F)o1. The van der Waals surface area contributed by atoms with Crippen molar-refractivity contribution in [2.75, 3.05) is 5.88 Å². The van der Waals surface area contributed by atoms with Crippen LogP contribution in [0.5, 0.6) is 11.5 Å². The molecule has 13 heteroatoms. The Morgan fingerprint density at radius 3 is 2.71 bits per heavy atom. The molecule has 208 valence electrons. The molecule has 0 saturated carbocycles. The summed E-state index contributed by atoms with van der Waals surface area (Å²) in [4.78, 5) is 16.7. The lowest BCUT2D eigenvalue weighted by Gasteiger charge is -2.12. The zero-order valence-corrected chi connectivity index (χ0v) is 23.6. The molecule has 0 unspecified atom stereocenters. The summed E-state index contributed by atoms with van der Waals surface area (Å²) in [6.45, 7) is 5.17. The van der Waals surface area contributed by atoms with Crippen molar-refractivity contribution in [3.63, 3.8) is 0 Å². The van der Waals surface area contributed by atoms with Crippen molar-refractivity contribution in [1.82, 2.24) is 15.5 Å². The summed E-state index contributed by atoms with van der Waals surface area (Å²) in [7, 11) is 0. The summed E-state index contributed by atoms with van der Waals surface area (Å²) in [6, 6.07) is 14.7. The Morgan fingerprint density at radius 1 is 1.20 bits per heavy atom. The third kappa shape index (κ3) is 7.29. The number of nitriles is 1. The number of rotatable bonds is 10. The minimum absolute atomic E-state index is 0.00249. The van der Waals surface area contributed by atoms with Crippen molar-refractivity contribution in [2.24, 2.45) is 4.99 Å². The van der Waals surface area contributed by atoms with Crippen molar-refractivity contribution in [2.45, 2.75) is 13.3 Å². The average molecular weight is 614 g/mol. The van der Waals surface area contributed by atoms with Gasteiger partial charge in [-0.1, -0.05) is 53.2 Å². The number of nitrogens with one attached hydrogen (secondary N) is 1. The summed E-state index contributed by atoms with van der Waals surface area (Å²) in [5.74, 6) is -1.94. The van der Waals surface area contributed by atoms with E-state index in [2.05, 4.69) is 27.2 Å². The molecule has 0 aliphatic rings. The number of carbonyl (C=O) groups excluding carboxylic acids is 1. The second-order valence-corrected chi connectivity index (χ2v) is 10.1. The van der Waals surface area contributed by atoms with Crippen LogP contribution in [-0.2, 0) is 6.42 Å². The fourth-order valence-corrected chi connectivity index (χ4v) is 4.73. The van der Waals surface area contributed by atoms with E-state index in [1.54, 1.807) is 13.0 Å². The summed E-state index contributed by atoms with van der Waals surface area (Å²) in [6.07, 6.45) is -0.103. The van der Waals surface area contributed by atoms with E-state index in [1.165, 1.54) is 48.5 Å². The van der Waals surface area contributed by atoms with Crippen molar-refractivity contribution in [1.29, 1.82) is 5.26 Å². The first kappa shape index (κ1) is 29.7. The third-order valence-corrected chi connectivity index (χ3v) is 7.05. The molecule has 4 aromatic rings. The van der Waals surface area contributed by atoms with Crippen LogP contribution in [0.25, 0.3) is 4.91 Å². The topological polar surface area (TPSA) is 113 Å². The molecule has 4 rings (SSSR count). The van der Waals surface area contributed by atoms with E-state index >= 15 is 4.39 Å². The minimum atomic E-state index is -0.763. The van der Waals surface area contributed by atoms with E-state index < -0.39 is 17.5 Å². The van der Waals surface area contributed by atoms with Gasteiger partial charge in [0.2, 0.25) is 5.89 Å². The molecule has 0 atom stereocenters. The van der Waals surface area contributed by atoms with E-state index in [1.807, 2.05) is 6.07 Å². The van der Waals surface area contributed by atoms with Gasteiger partial charge in [-0.05, 0) is 50.0 Å². The number of allylic oxidation sites excluding steroid dienone is 1. The van der Waals surface area contributed by atoms with E-state index in [-0.39, 0.29) is 62.3 Å². The van der Waals surface area contributed by atoms with Gasteiger partial charge in [0.25, 0.3) is 11.8 Å². The highest BCUT2D eigenvalue weighted by Crippen LogP contribution is 2.36. The number of aromatic nitrogens is 2. The average Bonchev–Trinajstić information content (AvgIpc) is 3.42. The highest BCUT2D eigenvalue weighted by atomic mass is 35.5. The van der Waals surface area contributed by atoms with Crippen LogP contribution in [0.3, 0.4) is 0 Å². The van der Waals surface area contributed by atoms with Gasteiger partial charge in [0, 0.05) is 10.6 Å². The highest BCUT2D eigenvalue weighted by molar-refractivity contribution is 8.08. The van der Waals surface area contributed by atoms with E-state index in [0.717, 1.165) is 11.8 Å². The molecule has 0 spiro atoms. The van der Waals surface area contributed by atoms with Crippen LogP contribution in [-0.4, -0.2) is 28.7 Å². The third-order valence-electron chi connectivity index (χ3n) is 5.49. The Kier molecular flexibility index (Phi) is 9.73. The van der Waals surface area contributed by atoms with Crippen LogP contribution < -0.4 is 10.1 Å². The Bertz CT molecular complexity index is 1700. The molecule has 1 heterocycles. The van der Waals surface area contributed by atoms with Gasteiger partial charge in [-0.2, -0.15) is 5.26 Å². The molecule has 8 nitrogen and oxygen atoms in total. The Labute approximate surface area is 247 Å². The maximum atomic E-state index is 15.4. The number of carbonyl (C=O) groups is 1. The highest BCUT2D eigenvalue weighted by Gasteiger charge is 2.20. The Hall–Kier alpha value is -4.24. The second kappa shape index (κ2) is 13.4. The molecule has 1 amide bonds. The van der Waals surface area contributed by atoms with Crippen molar-refractivity contribution >= 4 is 52.5 Å². The maximum Gasteiger partial charge on any atom is 0.256 e. The first-order valence-corrected chi connectivity index (χ1v) is 13.5. The number of benzene rings is 3. The van der Waals surface area contributed by atoms with Crippen molar-refractivity contribution in [3.8, 4) is 17.6 Å². The molecule has 0 saturated heterocycles. The lowest BCUT2D eigenvalue weighted by atomic mass is 10.1. The number of nitrogens with zero attached hydrogens (tertiary/aromatic N) is 4. The fourth-order valence-electron chi connectivity index (χ4n) is 3.49. The van der Waals surface area contributed by atoms with Crippen LogP contribution in [0.15, 0.2) is 69.7 Å². The predicted molar refractivity (Wildman–Crippen MR) is 153 cm³/mol. The smallest absolute Gasteiger partial charge is 0.256 e. The molecule has 0 fully saturated rings. The summed E-state index contributed by atoms with van der Waals surface area (Å²) in [5, 5.41) is 20.1. The molecule has 3 aromatic carbocycles. The second-order valence-electron chi connectivity index (χ2n) is 8.26. The fraction of sp³-hybridized carbons (Fsp3) is 0.107. The number of amides is 1. The Morgan fingerprint density at radius 2 is 1.98 bits per heavy atom. The van der Waals surface area contributed by atoms with Gasteiger partial charge in [0.1, 0.15) is 11.6 Å². The molecule has 1 aromatic heterocycles. The van der Waals surface area contributed by atoms with Gasteiger partial charge in [-0.25, -0.2) is 8.78 Å². The first-order valence-electron chi connectivity index (χ1n) is 11.7. The lowest BCUT2D eigenvalue weighted by molar-refractivity contribution is 0.0957. The zero-order chi connectivity index (χ0) is 29.5. The van der Waals surface area contributed by atoms with Crippen LogP contribution in [0.1, 0.15) is 40.2 Å². The summed E-state index contributed by atoms with van der Waals surface area (Å²) >= 11 is 13.3. The number of aliphatic imine (C=N–C) groups is 1. The summed E-state index contributed by atoms with van der Waals surface area (Å²) in [5.41, 5.74) is 0.732. The monoisotopic (exact) mass is 613 g/mol. The van der Waals surface area contributed by atoms with Crippen LogP contribution >= 0.6 is 35.0 Å². The van der Waals surface area contributed by atoms with Crippen molar-refractivity contribution < 1.29 is 22.7 Å². The Balaban J connectivity index is 1.50. The number of halogens is 4. The van der Waals surface area contributed by atoms with E-state index in [4.69, 9.17) is 37.6 Å². The minimum Gasteiger partial charge on any atom is -0.453 e. The normalized spacial score (nSPS) is 11.4. The first-order chi connectivity index (χ1) is 19.7. The van der Waals surface area contributed by atoms with Crippen LogP contribution in [0.4, 0.5) is 8.78 Å². The number of ether oxygens (including phenoxy) is 1. The van der Waals surface area contributed by atoms with Crippen molar-refractivity contribution in [3.05, 3.63) is 110 Å². The molecular formula is C28H19Cl2F2N5O3S. The van der Waals surface area contributed by atoms with Gasteiger partial charge in [-0.3, -0.25) is 9.79 Å². The van der Waals surface area contributed by atoms with Crippen LogP contribution in [0, 0.1) is 23.0 Å². The lowest BCUT2D eigenvalue weighted by Crippen LogP contribution is -2.23. The van der Waals surface area contributed by atoms with Gasteiger partial charge in [0.05, 0.1) is 45.1 Å². The summed E-state index contributed by atoms with van der Waals surface area (Å²) < 4.78 is 40.7. The zero-order valence-electron chi connectivity index (χ0n) is 21.3. The predicted octanol–water partition coefficient (Wildman–Crippen LogP) is 7.42. The van der Waals surface area contributed by atoms with E-state index in [9.17, 15) is 9.18 Å². The molecular weight excluding hydrogens is 595 g/mol. The molecule has 0 aliphatic carbocycles. The number of hydrogen-bond acceptors (Lipinski definition) is 8. The van der Waals surface area contributed by atoms with Gasteiger partial charge >= 0.3 is 0 Å². The number of thioether (sulfide) groups is 1. The quantitative estimate of drug-likeness (QED) is 0.146. The van der Waals surface area contributed by atoms with Gasteiger partial charge < -0.3 is 14.5 Å². The standard InChI is InChI=1S/C28H19Cl2F2N5O3S/c1-15(34-2)26(41-14-35-27(38)20-5-3-4-6-22(20)31)28-37-36-23(40-28)11-17-7-8-21(30)25(24(17)32)39-19-10-16(13-33)9-18(29)12-19/h3-10,12H,2,11,14H2,1H3,(H,35,38)/b26-15-. The van der Waals surface area contributed by atoms with Crippen LogP contribution in [0.2, 0.25) is 10.0 Å². The van der Waals surface area contributed by atoms with Gasteiger partial charge in [0.15, 0.2) is 11.6 Å². The molecule has 0 aliphatic heterocycles. The van der Waals surface area contributed by atoms with Gasteiger partial charge in [-0.15, -0.1) is 10.2 Å². The molecule has 1 N–H and O–H groups in total. The van der Waals surface area contributed by atoms with E-state index in [0.29, 0.717) is 10.6 Å². The molecule has 0 bridgehead atoms. The molecule has 41 heavy (non-hydrogen) atoms.